The Balaban J connectivity index is 1.53. The molecule has 5 rings (SSSR count). The zero-order valence-electron chi connectivity index (χ0n) is 24.1. The van der Waals surface area contributed by atoms with E-state index in [1.807, 2.05) is 6.92 Å². The molecule has 5 saturated carbocycles. The molecule has 0 radical (unpaired) electrons. The summed E-state index contributed by atoms with van der Waals surface area (Å²) in [5.41, 5.74) is -0.580. The number of ketones is 1. The van der Waals surface area contributed by atoms with E-state index in [0.717, 1.165) is 50.5 Å². The third-order valence-corrected chi connectivity index (χ3v) is 13.7. The molecule has 0 aromatic heterocycles. The zero-order chi connectivity index (χ0) is 27.9. The van der Waals surface area contributed by atoms with Crippen LogP contribution in [0, 0.1) is 56.7 Å². The van der Waals surface area contributed by atoms with Gasteiger partial charge in [-0.2, -0.15) is 0 Å². The van der Waals surface area contributed by atoms with Crippen LogP contribution in [0.15, 0.2) is 12.2 Å². The highest BCUT2D eigenvalue weighted by Crippen LogP contribution is 2.77. The van der Waals surface area contributed by atoms with Gasteiger partial charge in [0, 0.05) is 13.3 Å². The third kappa shape index (κ3) is 3.43. The molecule has 0 unspecified atom stereocenters. The summed E-state index contributed by atoms with van der Waals surface area (Å²) in [7, 11) is 0. The van der Waals surface area contributed by atoms with Crippen molar-refractivity contribution in [2.24, 2.45) is 56.7 Å². The van der Waals surface area contributed by atoms with Crippen molar-refractivity contribution in [3.8, 4) is 0 Å². The Morgan fingerprint density at radius 2 is 1.66 bits per heavy atom. The Labute approximate surface area is 228 Å². The Morgan fingerprint density at radius 3 is 2.29 bits per heavy atom. The van der Waals surface area contributed by atoms with E-state index in [1.54, 1.807) is 0 Å². The number of aliphatic hydroxyl groups excluding tert-OH is 1. The van der Waals surface area contributed by atoms with Gasteiger partial charge in [0.2, 0.25) is 0 Å². The summed E-state index contributed by atoms with van der Waals surface area (Å²) in [6.07, 6.45) is 8.45. The van der Waals surface area contributed by atoms with Crippen LogP contribution in [0.1, 0.15) is 98.8 Å². The molecule has 38 heavy (non-hydrogen) atoms. The molecular formula is C32H48O6. The van der Waals surface area contributed by atoms with Crippen LogP contribution in [-0.2, 0) is 19.1 Å². The number of carbonyl (C=O) groups excluding carboxylic acids is 2. The first kappa shape index (κ1) is 27.9. The van der Waals surface area contributed by atoms with Crippen LogP contribution >= 0.6 is 0 Å². The molecule has 2 N–H and O–H groups in total. The van der Waals surface area contributed by atoms with Crippen molar-refractivity contribution in [1.82, 2.24) is 0 Å². The van der Waals surface area contributed by atoms with Crippen LogP contribution in [0.25, 0.3) is 0 Å². The lowest BCUT2D eigenvalue weighted by atomic mass is 9.32. The van der Waals surface area contributed by atoms with Crippen LogP contribution in [0.4, 0.5) is 0 Å². The largest absolute Gasteiger partial charge is 0.481 e. The number of hydrogen-bond acceptors (Lipinski definition) is 5. The SMILES string of the molecule is C=C(CO)[C@@H]1CC[C@]2(C(=O)O)CC[C@]3(C)[C@H](CC[C@@H]4[C@@]5(C)CCC(=O)[C@@](C)(COC(C)=O)[C@@H]5CC[C@]43C)[C@@H]12. The predicted molar refractivity (Wildman–Crippen MR) is 144 cm³/mol. The number of carbonyl (C=O) groups is 3. The molecule has 0 saturated heterocycles. The van der Waals surface area contributed by atoms with E-state index >= 15 is 0 Å². The molecule has 5 fully saturated rings. The van der Waals surface area contributed by atoms with Crippen molar-refractivity contribution in [2.45, 2.75) is 98.8 Å². The fourth-order valence-electron chi connectivity index (χ4n) is 11.6. The maximum absolute atomic E-state index is 13.3. The molecule has 5 aliphatic carbocycles. The lowest BCUT2D eigenvalue weighted by molar-refractivity contribution is -0.239. The lowest BCUT2D eigenvalue weighted by Crippen LogP contribution is -2.67. The molecule has 0 aliphatic heterocycles. The van der Waals surface area contributed by atoms with Crippen molar-refractivity contribution in [1.29, 1.82) is 0 Å². The predicted octanol–water partition coefficient (Wildman–Crippen LogP) is 5.81. The second-order valence-corrected chi connectivity index (χ2v) is 14.7. The maximum atomic E-state index is 13.3. The van der Waals surface area contributed by atoms with E-state index in [1.165, 1.54) is 6.92 Å². The maximum Gasteiger partial charge on any atom is 0.309 e. The second kappa shape index (κ2) is 8.91. The molecule has 0 aromatic rings. The fraction of sp³-hybridized carbons (Fsp3) is 0.844. The van der Waals surface area contributed by atoms with Crippen LogP contribution in [0.5, 0.6) is 0 Å². The second-order valence-electron chi connectivity index (χ2n) is 14.7. The van der Waals surface area contributed by atoms with Gasteiger partial charge in [-0.1, -0.05) is 27.4 Å². The van der Waals surface area contributed by atoms with Crippen molar-refractivity contribution in [3.05, 3.63) is 12.2 Å². The minimum Gasteiger partial charge on any atom is -0.481 e. The number of rotatable bonds is 5. The summed E-state index contributed by atoms with van der Waals surface area (Å²) in [4.78, 5) is 37.9. The lowest BCUT2D eigenvalue weighted by Gasteiger charge is -2.72. The number of fused-ring (bicyclic) bond motifs is 7. The van der Waals surface area contributed by atoms with Gasteiger partial charge in [-0.15, -0.1) is 0 Å². The molecule has 0 spiro atoms. The Hall–Kier alpha value is -1.69. The quantitative estimate of drug-likeness (QED) is 0.345. The van der Waals surface area contributed by atoms with Crippen LogP contribution in [-0.4, -0.2) is 41.1 Å². The fourth-order valence-corrected chi connectivity index (χ4v) is 11.6. The topological polar surface area (TPSA) is 101 Å². The van der Waals surface area contributed by atoms with E-state index in [-0.39, 0.29) is 64.9 Å². The summed E-state index contributed by atoms with van der Waals surface area (Å²) in [5.74, 6) is 0.192. The zero-order valence-corrected chi connectivity index (χ0v) is 24.1. The summed E-state index contributed by atoms with van der Waals surface area (Å²) >= 11 is 0. The highest BCUT2D eigenvalue weighted by atomic mass is 16.5. The standard InChI is InChI=1S/C32H48O6/c1-19(17-33)21-9-14-32(27(36)37)16-15-30(5)22(26(21)32)7-8-24-28(3)12-11-25(35)29(4,18-38-20(2)34)23(28)10-13-31(24,30)6/h21-24,26,33H,1,7-18H2,2-6H3,(H,36,37)/t21-,22+,23+,24+,26+,28-,29-,30+,31+,32-/m0/s1. The highest BCUT2D eigenvalue weighted by molar-refractivity contribution is 5.86. The van der Waals surface area contributed by atoms with Gasteiger partial charge in [0.25, 0.3) is 0 Å². The molecule has 6 heteroatoms. The van der Waals surface area contributed by atoms with Crippen molar-refractivity contribution < 1.29 is 29.3 Å². The number of aliphatic carboxylic acids is 1. The average molecular weight is 529 g/mol. The van der Waals surface area contributed by atoms with E-state index in [9.17, 15) is 24.6 Å². The average Bonchev–Trinajstić information content (AvgIpc) is 3.26. The van der Waals surface area contributed by atoms with Gasteiger partial charge >= 0.3 is 11.9 Å². The molecule has 5 aliphatic rings. The number of Topliss-reactive ketones (excluding diaryl/α,β-unsaturated/α-hetero) is 1. The molecule has 212 valence electrons. The van der Waals surface area contributed by atoms with Gasteiger partial charge in [0.1, 0.15) is 12.4 Å². The van der Waals surface area contributed by atoms with E-state index < -0.39 is 16.8 Å². The van der Waals surface area contributed by atoms with Crippen molar-refractivity contribution in [2.75, 3.05) is 13.2 Å². The molecule has 0 amide bonds. The monoisotopic (exact) mass is 528 g/mol. The van der Waals surface area contributed by atoms with Crippen LogP contribution in [0.2, 0.25) is 0 Å². The van der Waals surface area contributed by atoms with Crippen LogP contribution < -0.4 is 0 Å². The van der Waals surface area contributed by atoms with Gasteiger partial charge in [0.05, 0.1) is 17.4 Å². The normalized spacial score (nSPS) is 49.7. The number of aliphatic hydroxyl groups is 1. The number of carboxylic acid groups (broad SMARTS) is 1. The number of hydrogen-bond donors (Lipinski definition) is 2. The Bertz CT molecular complexity index is 1050. The van der Waals surface area contributed by atoms with Gasteiger partial charge < -0.3 is 14.9 Å². The molecule has 10 atom stereocenters. The first-order valence-corrected chi connectivity index (χ1v) is 14.9. The molecule has 0 aromatic carbocycles. The van der Waals surface area contributed by atoms with Crippen LogP contribution in [0.3, 0.4) is 0 Å². The van der Waals surface area contributed by atoms with Gasteiger partial charge in [-0.05, 0) is 116 Å². The van der Waals surface area contributed by atoms with Gasteiger partial charge in [-0.3, -0.25) is 14.4 Å². The first-order chi connectivity index (χ1) is 17.7. The minimum atomic E-state index is -0.711. The summed E-state index contributed by atoms with van der Waals surface area (Å²) in [6, 6.07) is 0. The number of carboxylic acids is 1. The molecular weight excluding hydrogens is 480 g/mol. The van der Waals surface area contributed by atoms with E-state index in [2.05, 4.69) is 27.4 Å². The van der Waals surface area contributed by atoms with E-state index in [4.69, 9.17) is 4.74 Å². The van der Waals surface area contributed by atoms with Crippen molar-refractivity contribution >= 4 is 17.7 Å². The summed E-state index contributed by atoms with van der Waals surface area (Å²) in [6.45, 7) is 15.1. The Kier molecular flexibility index (Phi) is 6.53. The minimum absolute atomic E-state index is 0.0143. The van der Waals surface area contributed by atoms with Gasteiger partial charge in [0.15, 0.2) is 0 Å². The first-order valence-electron chi connectivity index (χ1n) is 14.9. The summed E-state index contributed by atoms with van der Waals surface area (Å²) < 4.78 is 5.50. The summed E-state index contributed by atoms with van der Waals surface area (Å²) in [5, 5.41) is 20.6. The molecule has 0 bridgehead atoms. The van der Waals surface area contributed by atoms with E-state index in [0.29, 0.717) is 25.2 Å². The molecule has 0 heterocycles. The highest BCUT2D eigenvalue weighted by Gasteiger charge is 2.72. The Morgan fingerprint density at radius 1 is 0.947 bits per heavy atom. The van der Waals surface area contributed by atoms with Crippen molar-refractivity contribution in [3.63, 3.8) is 0 Å². The van der Waals surface area contributed by atoms with Gasteiger partial charge in [-0.25, -0.2) is 0 Å². The smallest absolute Gasteiger partial charge is 0.309 e. The number of ether oxygens (including phenoxy) is 1. The number of esters is 1. The third-order valence-electron chi connectivity index (χ3n) is 13.7. The molecule has 6 nitrogen and oxygen atoms in total.